The zero-order valence-electron chi connectivity index (χ0n) is 13.9. The third-order valence-corrected chi connectivity index (χ3v) is 3.45. The molecule has 0 aromatic heterocycles. The maximum atomic E-state index is 12.5. The summed E-state index contributed by atoms with van der Waals surface area (Å²) >= 11 is 0. The summed E-state index contributed by atoms with van der Waals surface area (Å²) in [4.78, 5) is 37.4. The highest BCUT2D eigenvalue weighted by atomic mass is 19.4. The number of carbonyl (C=O) groups excluding carboxylic acids is 3. The number of nitrogens with zero attached hydrogens (tertiary/aromatic N) is 1. The van der Waals surface area contributed by atoms with Crippen molar-refractivity contribution in [2.24, 2.45) is 0 Å². The van der Waals surface area contributed by atoms with Crippen LogP contribution in [0.4, 0.5) is 18.9 Å². The van der Waals surface area contributed by atoms with E-state index < -0.39 is 23.4 Å². The smallest absolute Gasteiger partial charge is 0.345 e. The largest absolute Gasteiger partial charge is 0.416 e. The Morgan fingerprint density at radius 3 is 2.08 bits per heavy atom. The van der Waals surface area contributed by atoms with Crippen LogP contribution in [0.15, 0.2) is 48.5 Å². The monoisotopic (exact) mass is 364 g/mol. The number of anilines is 1. The molecule has 0 saturated carbocycles. The minimum atomic E-state index is -4.52. The van der Waals surface area contributed by atoms with Crippen molar-refractivity contribution >= 4 is 23.3 Å². The van der Waals surface area contributed by atoms with E-state index in [1.54, 1.807) is 20.2 Å². The lowest BCUT2D eigenvalue weighted by Crippen LogP contribution is -2.24. The van der Waals surface area contributed by atoms with Crippen molar-refractivity contribution in [3.8, 4) is 0 Å². The first kappa shape index (κ1) is 19.2. The lowest BCUT2D eigenvalue weighted by molar-refractivity contribution is -0.137. The van der Waals surface area contributed by atoms with Gasteiger partial charge in [0.05, 0.1) is 5.56 Å². The number of Topliss-reactive ketones (excluding diaryl/α,β-unsaturated/α-hetero) is 1. The molecule has 0 fully saturated rings. The van der Waals surface area contributed by atoms with E-state index in [1.165, 1.54) is 23.1 Å². The van der Waals surface area contributed by atoms with E-state index in [4.69, 9.17) is 0 Å². The van der Waals surface area contributed by atoms with Crippen LogP contribution in [0.2, 0.25) is 0 Å². The Bertz CT molecular complexity index is 844. The Morgan fingerprint density at radius 2 is 1.54 bits per heavy atom. The van der Waals surface area contributed by atoms with Crippen LogP contribution in [0, 0.1) is 0 Å². The lowest BCUT2D eigenvalue weighted by Gasteiger charge is -2.11. The lowest BCUT2D eigenvalue weighted by atomic mass is 10.1. The number of alkyl halides is 3. The molecule has 0 unspecified atom stereocenters. The molecule has 0 aliphatic rings. The van der Waals surface area contributed by atoms with E-state index in [0.717, 1.165) is 24.3 Å². The summed E-state index contributed by atoms with van der Waals surface area (Å²) in [5, 5.41) is 2.34. The van der Waals surface area contributed by atoms with E-state index in [9.17, 15) is 27.6 Å². The molecule has 0 spiro atoms. The van der Waals surface area contributed by atoms with Crippen molar-refractivity contribution in [3.63, 3.8) is 0 Å². The first-order chi connectivity index (χ1) is 12.1. The molecule has 0 radical (unpaired) electrons. The molecule has 0 heterocycles. The highest BCUT2D eigenvalue weighted by molar-refractivity contribution is 6.46. The Balaban J connectivity index is 2.13. The molecule has 136 valence electrons. The van der Waals surface area contributed by atoms with Crippen LogP contribution in [0.25, 0.3) is 0 Å². The van der Waals surface area contributed by atoms with Gasteiger partial charge < -0.3 is 10.2 Å². The minimum absolute atomic E-state index is 0.170. The molecule has 1 N–H and O–H groups in total. The van der Waals surface area contributed by atoms with E-state index >= 15 is 0 Å². The summed E-state index contributed by atoms with van der Waals surface area (Å²) in [5.74, 6) is -2.28. The van der Waals surface area contributed by atoms with Crippen LogP contribution in [0.5, 0.6) is 0 Å². The second kappa shape index (κ2) is 7.38. The van der Waals surface area contributed by atoms with E-state index in [0.29, 0.717) is 5.56 Å². The average Bonchev–Trinajstić information content (AvgIpc) is 2.59. The van der Waals surface area contributed by atoms with Crippen LogP contribution < -0.4 is 5.32 Å². The fraction of sp³-hybridized carbons (Fsp3) is 0.167. The Labute approximate surface area is 147 Å². The fourth-order valence-electron chi connectivity index (χ4n) is 2.12. The van der Waals surface area contributed by atoms with Gasteiger partial charge in [-0.3, -0.25) is 14.4 Å². The maximum Gasteiger partial charge on any atom is 0.416 e. The van der Waals surface area contributed by atoms with Crippen LogP contribution >= 0.6 is 0 Å². The molecule has 2 rings (SSSR count). The van der Waals surface area contributed by atoms with Gasteiger partial charge in [0, 0.05) is 30.9 Å². The van der Waals surface area contributed by atoms with Crippen molar-refractivity contribution < 1.29 is 27.6 Å². The van der Waals surface area contributed by atoms with Gasteiger partial charge in [0.15, 0.2) is 0 Å². The first-order valence-corrected chi connectivity index (χ1v) is 7.44. The van der Waals surface area contributed by atoms with Gasteiger partial charge in [0.2, 0.25) is 0 Å². The summed E-state index contributed by atoms with van der Waals surface area (Å²) in [6, 6.07) is 9.33. The average molecular weight is 364 g/mol. The summed E-state index contributed by atoms with van der Waals surface area (Å²) in [7, 11) is 3.14. The molecule has 0 aliphatic carbocycles. The zero-order chi connectivity index (χ0) is 19.5. The summed E-state index contributed by atoms with van der Waals surface area (Å²) in [6.45, 7) is 0. The quantitative estimate of drug-likeness (QED) is 0.669. The molecular formula is C18H15F3N2O3. The first-order valence-electron chi connectivity index (χ1n) is 7.44. The van der Waals surface area contributed by atoms with Gasteiger partial charge in [-0.1, -0.05) is 18.2 Å². The normalized spacial score (nSPS) is 11.0. The molecule has 0 aliphatic heterocycles. The third kappa shape index (κ3) is 4.47. The number of amides is 2. The predicted octanol–water partition coefficient (Wildman–Crippen LogP) is 3.23. The number of carbonyl (C=O) groups is 3. The van der Waals surface area contributed by atoms with Gasteiger partial charge in [-0.2, -0.15) is 13.2 Å². The van der Waals surface area contributed by atoms with E-state index in [2.05, 4.69) is 5.32 Å². The standard InChI is InChI=1S/C18H15F3N2O3/c1-23(2)17(26)12-4-3-5-14(10-12)22-16(25)15(24)11-6-8-13(9-7-11)18(19,20)21/h3-10H,1-2H3,(H,22,25). The number of nitrogens with one attached hydrogen (secondary N) is 1. The second-order valence-corrected chi connectivity index (χ2v) is 5.64. The van der Waals surface area contributed by atoms with Crippen molar-refractivity contribution in [2.75, 3.05) is 19.4 Å². The van der Waals surface area contributed by atoms with Crippen LogP contribution in [-0.4, -0.2) is 36.6 Å². The summed E-state index contributed by atoms with van der Waals surface area (Å²) in [6.07, 6.45) is -4.52. The number of hydrogen-bond acceptors (Lipinski definition) is 3. The van der Waals surface area contributed by atoms with Crippen LogP contribution in [0.3, 0.4) is 0 Å². The highest BCUT2D eigenvalue weighted by Crippen LogP contribution is 2.29. The van der Waals surface area contributed by atoms with Gasteiger partial charge >= 0.3 is 6.18 Å². The molecule has 2 aromatic carbocycles. The fourth-order valence-corrected chi connectivity index (χ4v) is 2.12. The number of rotatable bonds is 4. The molecule has 0 bridgehead atoms. The molecule has 26 heavy (non-hydrogen) atoms. The number of benzene rings is 2. The molecule has 8 heteroatoms. The Morgan fingerprint density at radius 1 is 0.923 bits per heavy atom. The van der Waals surface area contributed by atoms with Crippen molar-refractivity contribution in [2.45, 2.75) is 6.18 Å². The van der Waals surface area contributed by atoms with E-state index in [1.807, 2.05) is 0 Å². The minimum Gasteiger partial charge on any atom is -0.345 e. The number of hydrogen-bond donors (Lipinski definition) is 1. The SMILES string of the molecule is CN(C)C(=O)c1cccc(NC(=O)C(=O)c2ccc(C(F)(F)F)cc2)c1. The Kier molecular flexibility index (Phi) is 5.44. The molecular weight excluding hydrogens is 349 g/mol. The summed E-state index contributed by atoms with van der Waals surface area (Å²) < 4.78 is 37.6. The maximum absolute atomic E-state index is 12.5. The molecule has 5 nitrogen and oxygen atoms in total. The highest BCUT2D eigenvalue weighted by Gasteiger charge is 2.30. The zero-order valence-corrected chi connectivity index (χ0v) is 13.9. The van der Waals surface area contributed by atoms with Gasteiger partial charge in [-0.05, 0) is 30.3 Å². The predicted molar refractivity (Wildman–Crippen MR) is 88.9 cm³/mol. The van der Waals surface area contributed by atoms with Crippen molar-refractivity contribution in [1.82, 2.24) is 4.90 Å². The molecule has 0 atom stereocenters. The van der Waals surface area contributed by atoms with Gasteiger partial charge in [0.25, 0.3) is 17.6 Å². The molecule has 2 amide bonds. The van der Waals surface area contributed by atoms with Gasteiger partial charge in [0.1, 0.15) is 0 Å². The van der Waals surface area contributed by atoms with Crippen molar-refractivity contribution in [3.05, 3.63) is 65.2 Å². The number of ketones is 1. The van der Waals surface area contributed by atoms with E-state index in [-0.39, 0.29) is 17.2 Å². The molecule has 0 saturated heterocycles. The van der Waals surface area contributed by atoms with Gasteiger partial charge in [-0.25, -0.2) is 0 Å². The second-order valence-electron chi connectivity index (χ2n) is 5.64. The topological polar surface area (TPSA) is 66.5 Å². The van der Waals surface area contributed by atoms with Crippen LogP contribution in [-0.2, 0) is 11.0 Å². The number of halogens is 3. The molecule has 2 aromatic rings. The van der Waals surface area contributed by atoms with Crippen molar-refractivity contribution in [1.29, 1.82) is 0 Å². The third-order valence-electron chi connectivity index (χ3n) is 3.45. The van der Waals surface area contributed by atoms with Crippen LogP contribution in [0.1, 0.15) is 26.3 Å². The van der Waals surface area contributed by atoms with Gasteiger partial charge in [-0.15, -0.1) is 0 Å². The Hall–Kier alpha value is -3.16. The summed E-state index contributed by atoms with van der Waals surface area (Å²) in [5.41, 5.74) is -0.543.